The zero-order valence-electron chi connectivity index (χ0n) is 12.9. The van der Waals surface area contributed by atoms with Crippen molar-refractivity contribution in [3.8, 4) is 0 Å². The fourth-order valence-corrected chi connectivity index (χ4v) is 3.25. The molecule has 3 unspecified atom stereocenters. The first-order chi connectivity index (χ1) is 10.1. The lowest BCUT2D eigenvalue weighted by Crippen LogP contribution is -2.49. The Kier molecular flexibility index (Phi) is 4.15. The lowest BCUT2D eigenvalue weighted by atomic mass is 9.73. The first-order valence-corrected chi connectivity index (χ1v) is 7.95. The second-order valence-corrected chi connectivity index (χ2v) is 6.44. The number of nitrogens with zero attached hydrogens (tertiary/aromatic N) is 1. The highest BCUT2D eigenvalue weighted by Gasteiger charge is 2.43. The highest BCUT2D eigenvalue weighted by atomic mass is 16.5. The van der Waals surface area contributed by atoms with Crippen LogP contribution >= 0.6 is 0 Å². The molecule has 114 valence electrons. The lowest BCUT2D eigenvalue weighted by Gasteiger charge is -2.45. The Morgan fingerprint density at radius 2 is 2.29 bits per heavy atom. The highest BCUT2D eigenvalue weighted by molar-refractivity contribution is 5.92. The van der Waals surface area contributed by atoms with Crippen LogP contribution in [0, 0.1) is 5.92 Å². The van der Waals surface area contributed by atoms with Gasteiger partial charge in [-0.1, -0.05) is 26.0 Å². The smallest absolute Gasteiger partial charge is 0.193 e. The second-order valence-electron chi connectivity index (χ2n) is 6.44. The van der Waals surface area contributed by atoms with Gasteiger partial charge in [-0.2, -0.15) is 0 Å². The van der Waals surface area contributed by atoms with E-state index in [-0.39, 0.29) is 0 Å². The number of anilines is 1. The van der Waals surface area contributed by atoms with E-state index in [1.165, 1.54) is 12.0 Å². The maximum atomic E-state index is 6.06. The maximum Gasteiger partial charge on any atom is 0.193 e. The Bertz CT molecular complexity index is 527. The van der Waals surface area contributed by atoms with Gasteiger partial charge in [-0.05, 0) is 42.9 Å². The van der Waals surface area contributed by atoms with Crippen LogP contribution < -0.4 is 11.1 Å². The fourth-order valence-electron chi connectivity index (χ4n) is 3.25. The van der Waals surface area contributed by atoms with Crippen LogP contribution in [0.4, 0.5) is 5.69 Å². The molecule has 0 amide bonds. The third-order valence-electron chi connectivity index (χ3n) is 4.59. The van der Waals surface area contributed by atoms with Crippen LogP contribution in [0.1, 0.15) is 44.6 Å². The van der Waals surface area contributed by atoms with Gasteiger partial charge in [0.05, 0.1) is 12.1 Å². The third kappa shape index (κ3) is 3.21. The largest absolute Gasteiger partial charge is 0.378 e. The molecule has 1 aromatic carbocycles. The highest BCUT2D eigenvalue weighted by Crippen LogP contribution is 2.39. The van der Waals surface area contributed by atoms with Crippen LogP contribution in [0.2, 0.25) is 0 Å². The Morgan fingerprint density at radius 1 is 1.43 bits per heavy atom. The summed E-state index contributed by atoms with van der Waals surface area (Å²) in [5.41, 5.74) is 8.38. The predicted molar refractivity (Wildman–Crippen MR) is 86.6 cm³/mol. The molecule has 3 rings (SSSR count). The molecule has 3 N–H and O–H groups in total. The molecule has 4 heteroatoms. The minimum atomic E-state index is 0.330. The molecule has 1 heterocycles. The molecule has 0 bridgehead atoms. The molecule has 1 saturated carbocycles. The number of benzene rings is 1. The standard InChI is InChI=1S/C17H25N3O/c1-11(2)12-5-3-6-13(9-12)19-17(18)20-15-10-16-14(15)7-4-8-21-16/h3,5-6,9,11,14-16H,4,7-8,10H2,1-2H3,(H3,18,19,20). The van der Waals surface area contributed by atoms with E-state index in [4.69, 9.17) is 10.5 Å². The number of guanidine groups is 1. The summed E-state index contributed by atoms with van der Waals surface area (Å²) in [6.45, 7) is 5.29. The summed E-state index contributed by atoms with van der Waals surface area (Å²) < 4.78 is 5.72. The van der Waals surface area contributed by atoms with Gasteiger partial charge in [0.25, 0.3) is 0 Å². The summed E-state index contributed by atoms with van der Waals surface area (Å²) >= 11 is 0. The van der Waals surface area contributed by atoms with Crippen molar-refractivity contribution in [1.82, 2.24) is 0 Å². The van der Waals surface area contributed by atoms with E-state index < -0.39 is 0 Å². The van der Waals surface area contributed by atoms with Crippen molar-refractivity contribution in [2.75, 3.05) is 11.9 Å². The summed E-state index contributed by atoms with van der Waals surface area (Å²) in [5, 5.41) is 3.22. The molecule has 4 nitrogen and oxygen atoms in total. The predicted octanol–water partition coefficient (Wildman–Crippen LogP) is 3.10. The van der Waals surface area contributed by atoms with Gasteiger partial charge in [-0.25, -0.2) is 4.99 Å². The zero-order valence-corrected chi connectivity index (χ0v) is 12.9. The summed E-state index contributed by atoms with van der Waals surface area (Å²) in [7, 11) is 0. The normalized spacial score (nSPS) is 28.9. The van der Waals surface area contributed by atoms with E-state index in [0.717, 1.165) is 25.1 Å². The molecule has 1 saturated heterocycles. The summed E-state index contributed by atoms with van der Waals surface area (Å²) in [4.78, 5) is 4.64. The molecular formula is C17H25N3O. The molecular weight excluding hydrogens is 262 g/mol. The zero-order chi connectivity index (χ0) is 14.8. The first kappa shape index (κ1) is 14.4. The number of rotatable bonds is 3. The molecule has 2 fully saturated rings. The molecule has 0 radical (unpaired) electrons. The number of aliphatic imine (C=N–C) groups is 1. The van der Waals surface area contributed by atoms with E-state index >= 15 is 0 Å². The van der Waals surface area contributed by atoms with Crippen LogP contribution in [-0.2, 0) is 4.74 Å². The van der Waals surface area contributed by atoms with Crippen LogP contribution in [0.5, 0.6) is 0 Å². The Balaban J connectivity index is 1.62. The average molecular weight is 287 g/mol. The van der Waals surface area contributed by atoms with E-state index in [0.29, 0.717) is 29.9 Å². The average Bonchev–Trinajstić information content (AvgIpc) is 2.45. The van der Waals surface area contributed by atoms with Gasteiger partial charge in [-0.3, -0.25) is 0 Å². The quantitative estimate of drug-likeness (QED) is 0.663. The first-order valence-electron chi connectivity index (χ1n) is 7.95. The van der Waals surface area contributed by atoms with Gasteiger partial charge in [0, 0.05) is 18.2 Å². The molecule has 3 atom stereocenters. The van der Waals surface area contributed by atoms with Gasteiger partial charge in [0.2, 0.25) is 0 Å². The number of ether oxygens (including phenoxy) is 1. The van der Waals surface area contributed by atoms with Crippen molar-refractivity contribution in [1.29, 1.82) is 0 Å². The van der Waals surface area contributed by atoms with Crippen molar-refractivity contribution in [3.63, 3.8) is 0 Å². The van der Waals surface area contributed by atoms with Crippen molar-refractivity contribution in [2.24, 2.45) is 16.6 Å². The number of nitrogens with one attached hydrogen (secondary N) is 1. The van der Waals surface area contributed by atoms with Crippen molar-refractivity contribution >= 4 is 11.6 Å². The fraction of sp³-hybridized carbons (Fsp3) is 0.588. The van der Waals surface area contributed by atoms with Crippen molar-refractivity contribution in [2.45, 2.75) is 51.2 Å². The van der Waals surface area contributed by atoms with Crippen LogP contribution in [0.15, 0.2) is 29.3 Å². The van der Waals surface area contributed by atoms with E-state index in [1.807, 2.05) is 6.07 Å². The number of hydrogen-bond donors (Lipinski definition) is 2. The van der Waals surface area contributed by atoms with E-state index in [9.17, 15) is 0 Å². The number of nitrogens with two attached hydrogens (primary N) is 1. The van der Waals surface area contributed by atoms with Crippen LogP contribution in [0.25, 0.3) is 0 Å². The van der Waals surface area contributed by atoms with E-state index in [2.05, 4.69) is 42.4 Å². The minimum absolute atomic E-state index is 0.330. The molecule has 1 aliphatic carbocycles. The van der Waals surface area contributed by atoms with Crippen molar-refractivity contribution < 1.29 is 4.74 Å². The number of fused-ring (bicyclic) bond motifs is 1. The van der Waals surface area contributed by atoms with Gasteiger partial charge in [0.15, 0.2) is 5.96 Å². The van der Waals surface area contributed by atoms with Gasteiger partial charge < -0.3 is 15.8 Å². The SMILES string of the molecule is CC(C)c1cccc(NC(N)=NC2CC3OCCCC23)c1. The molecule has 0 aromatic heterocycles. The number of hydrogen-bond acceptors (Lipinski definition) is 2. The minimum Gasteiger partial charge on any atom is -0.378 e. The lowest BCUT2D eigenvalue weighted by molar-refractivity contribution is -0.0937. The monoisotopic (exact) mass is 287 g/mol. The molecule has 2 aliphatic rings. The molecule has 21 heavy (non-hydrogen) atoms. The summed E-state index contributed by atoms with van der Waals surface area (Å²) in [5.74, 6) is 1.60. The summed E-state index contributed by atoms with van der Waals surface area (Å²) in [6.07, 6.45) is 3.80. The third-order valence-corrected chi connectivity index (χ3v) is 4.59. The van der Waals surface area contributed by atoms with Gasteiger partial charge in [0.1, 0.15) is 0 Å². The maximum absolute atomic E-state index is 6.06. The van der Waals surface area contributed by atoms with E-state index in [1.54, 1.807) is 0 Å². The van der Waals surface area contributed by atoms with Gasteiger partial charge >= 0.3 is 0 Å². The Morgan fingerprint density at radius 3 is 3.05 bits per heavy atom. The Hall–Kier alpha value is -1.55. The summed E-state index contributed by atoms with van der Waals surface area (Å²) in [6, 6.07) is 8.69. The van der Waals surface area contributed by atoms with Gasteiger partial charge in [-0.15, -0.1) is 0 Å². The van der Waals surface area contributed by atoms with Crippen LogP contribution in [0.3, 0.4) is 0 Å². The Labute approximate surface area is 126 Å². The van der Waals surface area contributed by atoms with Crippen molar-refractivity contribution in [3.05, 3.63) is 29.8 Å². The molecule has 1 aliphatic heterocycles. The van der Waals surface area contributed by atoms with Crippen LogP contribution in [-0.4, -0.2) is 24.7 Å². The second kappa shape index (κ2) is 6.06. The topological polar surface area (TPSA) is 59.6 Å². The molecule has 1 aromatic rings. The molecule has 0 spiro atoms.